The summed E-state index contributed by atoms with van der Waals surface area (Å²) in [4.78, 5) is 11.5. The fraction of sp³-hybridized carbons (Fsp3) is 0.316. The Hall–Kier alpha value is -1.51. The summed E-state index contributed by atoms with van der Waals surface area (Å²) in [6.07, 6.45) is -3.23. The van der Waals surface area contributed by atoms with E-state index in [9.17, 15) is 23.1 Å². The number of halogens is 4. The Bertz CT molecular complexity index is 764. The van der Waals surface area contributed by atoms with Crippen LogP contribution in [0.25, 0.3) is 0 Å². The first-order chi connectivity index (χ1) is 12.3. The van der Waals surface area contributed by atoms with Gasteiger partial charge in [-0.3, -0.25) is 0 Å². The van der Waals surface area contributed by atoms with Gasteiger partial charge in [-0.25, -0.2) is 4.79 Å². The van der Waals surface area contributed by atoms with Crippen molar-refractivity contribution in [3.05, 3.63) is 69.2 Å². The Morgan fingerprint density at radius 2 is 1.81 bits per heavy atom. The van der Waals surface area contributed by atoms with E-state index in [1.807, 2.05) is 0 Å². The molecule has 148 valence electrons. The van der Waals surface area contributed by atoms with Gasteiger partial charge in [0.05, 0.1) is 18.2 Å². The number of hydrogen-bond acceptors (Lipinski definition) is 3. The van der Waals surface area contributed by atoms with Crippen LogP contribution in [0.5, 0.6) is 0 Å². The zero-order valence-corrected chi connectivity index (χ0v) is 17.1. The van der Waals surface area contributed by atoms with E-state index in [4.69, 9.17) is 0 Å². The summed E-state index contributed by atoms with van der Waals surface area (Å²) >= 11 is 3.41. The molecule has 3 nitrogen and oxygen atoms in total. The lowest BCUT2D eigenvalue weighted by Crippen LogP contribution is -2.09. The minimum Gasteiger partial charge on any atom is -0.465 e. The third kappa shape index (κ3) is 6.26. The Balaban J connectivity index is 0.00000364. The van der Waals surface area contributed by atoms with E-state index in [-0.39, 0.29) is 26.0 Å². The maximum absolute atomic E-state index is 12.6. The smallest absolute Gasteiger partial charge is 0.416 e. The van der Waals surface area contributed by atoms with Crippen molar-refractivity contribution in [3.63, 3.8) is 0 Å². The van der Waals surface area contributed by atoms with Crippen LogP contribution >= 0.6 is 29.4 Å². The van der Waals surface area contributed by atoms with Crippen LogP contribution in [-0.4, -0.2) is 24.8 Å². The molecule has 2 rings (SSSR count). The molecule has 0 aliphatic heterocycles. The van der Waals surface area contributed by atoms with E-state index in [2.05, 4.69) is 20.7 Å². The molecule has 0 radical (unpaired) electrons. The van der Waals surface area contributed by atoms with Crippen LogP contribution in [0.4, 0.5) is 13.2 Å². The van der Waals surface area contributed by atoms with Crippen molar-refractivity contribution in [2.75, 3.05) is 13.7 Å². The van der Waals surface area contributed by atoms with Crippen molar-refractivity contribution in [1.82, 2.24) is 0 Å². The fourth-order valence-corrected chi connectivity index (χ4v) is 3.21. The molecule has 0 aliphatic carbocycles. The molecule has 2 aromatic rings. The lowest BCUT2D eigenvalue weighted by molar-refractivity contribution is -0.137. The molecule has 1 atom stereocenters. The molecule has 8 heteroatoms. The van der Waals surface area contributed by atoms with Crippen molar-refractivity contribution >= 4 is 35.4 Å². The van der Waals surface area contributed by atoms with Crippen molar-refractivity contribution in [3.8, 4) is 0 Å². The second kappa shape index (κ2) is 10.1. The van der Waals surface area contributed by atoms with Gasteiger partial charge in [-0.05, 0) is 48.2 Å². The maximum atomic E-state index is 12.6. The van der Waals surface area contributed by atoms with Crippen LogP contribution < -0.4 is 0 Å². The van der Waals surface area contributed by atoms with Crippen LogP contribution in [0.1, 0.15) is 39.4 Å². The Kier molecular flexibility index (Phi) is 8.84. The van der Waals surface area contributed by atoms with E-state index >= 15 is 0 Å². The number of ether oxygens (including phenoxy) is 1. The van der Waals surface area contributed by atoms with Gasteiger partial charge in [0.15, 0.2) is 0 Å². The minimum absolute atomic E-state index is 0. The molecule has 0 fully saturated rings. The molecule has 0 aromatic heterocycles. The predicted molar refractivity (Wildman–Crippen MR) is 105 cm³/mol. The first-order valence-electron chi connectivity index (χ1n) is 7.91. The molecule has 1 unspecified atom stereocenters. The molecule has 1 N–H and O–H groups in total. The van der Waals surface area contributed by atoms with Crippen molar-refractivity contribution in [2.24, 2.45) is 0 Å². The Morgan fingerprint density at radius 1 is 1.19 bits per heavy atom. The van der Waals surface area contributed by atoms with Gasteiger partial charge in [0.1, 0.15) is 0 Å². The molecule has 0 bridgehead atoms. The Morgan fingerprint density at radius 3 is 2.30 bits per heavy atom. The topological polar surface area (TPSA) is 46.5 Å². The molecule has 2 aromatic carbocycles. The van der Waals surface area contributed by atoms with Crippen molar-refractivity contribution < 1.29 is 27.8 Å². The molecule has 0 heterocycles. The highest BCUT2D eigenvalue weighted by atomic mass is 79.9. The molecule has 0 aliphatic rings. The first-order valence-corrected chi connectivity index (χ1v) is 8.70. The number of aliphatic hydroxyl groups excluding tert-OH is 1. The van der Waals surface area contributed by atoms with E-state index in [0.717, 1.165) is 22.2 Å². The summed E-state index contributed by atoms with van der Waals surface area (Å²) in [6, 6.07) is 9.96. The molecular weight excluding hydrogens is 445 g/mol. The number of esters is 1. The average molecular weight is 465 g/mol. The minimum atomic E-state index is -4.38. The summed E-state index contributed by atoms with van der Waals surface area (Å²) in [5.41, 5.74) is 1.30. The summed E-state index contributed by atoms with van der Waals surface area (Å²) in [5, 5.41) is 9.61. The Labute approximate surface area is 171 Å². The maximum Gasteiger partial charge on any atom is 0.416 e. The predicted octanol–water partition coefficient (Wildman–Crippen LogP) is 5.08. The highest BCUT2D eigenvalue weighted by Crippen LogP contribution is 2.31. The normalized spacial score (nSPS) is 12.2. The largest absolute Gasteiger partial charge is 0.465 e. The van der Waals surface area contributed by atoms with Gasteiger partial charge in [-0.1, -0.05) is 34.1 Å². The lowest BCUT2D eigenvalue weighted by Gasteiger charge is -2.16. The van der Waals surface area contributed by atoms with Crippen LogP contribution in [0.3, 0.4) is 0 Å². The highest BCUT2D eigenvalue weighted by molar-refractivity contribution is 9.10. The van der Waals surface area contributed by atoms with Crippen LogP contribution in [0, 0.1) is 0 Å². The lowest BCUT2D eigenvalue weighted by atomic mass is 9.92. The number of carbonyl (C=O) groups excluding carboxylic acids is 1. The SMILES string of the molecule is COC(=O)c1ccc(CCC(CO)c2ccc(C(F)(F)F)cc2)c(Br)c1.S. The monoisotopic (exact) mass is 464 g/mol. The summed E-state index contributed by atoms with van der Waals surface area (Å²) in [7, 11) is 1.31. The van der Waals surface area contributed by atoms with Gasteiger partial charge in [-0.15, -0.1) is 0 Å². The second-order valence-electron chi connectivity index (χ2n) is 5.84. The quantitative estimate of drug-likeness (QED) is 0.606. The highest BCUT2D eigenvalue weighted by Gasteiger charge is 2.30. The van der Waals surface area contributed by atoms with Crippen molar-refractivity contribution in [2.45, 2.75) is 24.9 Å². The van der Waals surface area contributed by atoms with Gasteiger partial charge in [0.2, 0.25) is 0 Å². The zero-order chi connectivity index (χ0) is 19.3. The summed E-state index contributed by atoms with van der Waals surface area (Å²) in [6.45, 7) is -0.163. The molecule has 0 amide bonds. The number of alkyl halides is 3. The number of methoxy groups -OCH3 is 1. The number of benzene rings is 2. The molecule has 0 saturated heterocycles. The molecule has 0 spiro atoms. The number of rotatable bonds is 6. The third-order valence-electron chi connectivity index (χ3n) is 4.17. The number of aryl methyl sites for hydroxylation is 1. The van der Waals surface area contributed by atoms with Gasteiger partial charge in [0, 0.05) is 17.0 Å². The number of aliphatic hydroxyl groups is 1. The van der Waals surface area contributed by atoms with Gasteiger partial charge in [-0.2, -0.15) is 26.7 Å². The molecular formula is C19H20BrF3O3S. The van der Waals surface area contributed by atoms with E-state index in [1.54, 1.807) is 18.2 Å². The van der Waals surface area contributed by atoms with E-state index < -0.39 is 17.7 Å². The summed E-state index contributed by atoms with van der Waals surface area (Å²) < 4.78 is 43.3. The number of carbonyl (C=O) groups is 1. The first kappa shape index (κ1) is 23.5. The summed E-state index contributed by atoms with van der Waals surface area (Å²) in [5.74, 6) is -0.709. The van der Waals surface area contributed by atoms with Crippen LogP contribution in [0.2, 0.25) is 0 Å². The second-order valence-corrected chi connectivity index (χ2v) is 6.69. The van der Waals surface area contributed by atoms with Gasteiger partial charge < -0.3 is 9.84 Å². The molecule has 0 saturated carbocycles. The van der Waals surface area contributed by atoms with E-state index in [0.29, 0.717) is 24.0 Å². The third-order valence-corrected chi connectivity index (χ3v) is 4.90. The van der Waals surface area contributed by atoms with E-state index in [1.165, 1.54) is 19.2 Å². The van der Waals surface area contributed by atoms with Gasteiger partial charge in [0.25, 0.3) is 0 Å². The van der Waals surface area contributed by atoms with Crippen molar-refractivity contribution in [1.29, 1.82) is 0 Å². The zero-order valence-electron chi connectivity index (χ0n) is 14.5. The van der Waals surface area contributed by atoms with Crippen LogP contribution in [-0.2, 0) is 17.3 Å². The fourth-order valence-electron chi connectivity index (χ4n) is 2.63. The average Bonchev–Trinajstić information content (AvgIpc) is 2.62. The molecule has 27 heavy (non-hydrogen) atoms. The standard InChI is InChI=1S/C19H18BrF3O3.H2S/c1-26-18(25)14-4-2-13(17(20)10-14)3-5-15(11-24)12-6-8-16(9-7-12)19(21,22)23;/h2,4,6-10,15,24H,3,5,11H2,1H3;1H2. The van der Waals surface area contributed by atoms with Crippen LogP contribution in [0.15, 0.2) is 46.9 Å². The van der Waals surface area contributed by atoms with Gasteiger partial charge >= 0.3 is 12.1 Å². The number of hydrogen-bond donors (Lipinski definition) is 1.